The van der Waals surface area contributed by atoms with Gasteiger partial charge in [0.15, 0.2) is 5.96 Å². The van der Waals surface area contributed by atoms with Gasteiger partial charge in [0.2, 0.25) is 0 Å². The summed E-state index contributed by atoms with van der Waals surface area (Å²) in [5.74, 6) is 1.50. The van der Waals surface area contributed by atoms with Crippen molar-refractivity contribution in [1.29, 1.82) is 0 Å². The van der Waals surface area contributed by atoms with E-state index >= 15 is 0 Å². The third-order valence-corrected chi connectivity index (χ3v) is 5.41. The van der Waals surface area contributed by atoms with Crippen LogP contribution in [0.1, 0.15) is 31.4 Å². The highest BCUT2D eigenvalue weighted by Gasteiger charge is 2.22. The summed E-state index contributed by atoms with van der Waals surface area (Å²) in [6.45, 7) is 10.7. The number of aromatic nitrogens is 2. The lowest BCUT2D eigenvalue weighted by atomic mass is 10.0. The van der Waals surface area contributed by atoms with Crippen LogP contribution in [0.5, 0.6) is 0 Å². The summed E-state index contributed by atoms with van der Waals surface area (Å²) in [7, 11) is 1.83. The molecule has 2 N–H and O–H groups in total. The molecular weight excluding hydrogens is 376 g/mol. The van der Waals surface area contributed by atoms with Crippen molar-refractivity contribution in [2.45, 2.75) is 39.4 Å². The van der Waals surface area contributed by atoms with Gasteiger partial charge >= 0.3 is 0 Å². The predicted octanol–water partition coefficient (Wildman–Crippen LogP) is 2.34. The Morgan fingerprint density at radius 1 is 1.20 bits per heavy atom. The number of guanidine groups is 1. The second-order valence-corrected chi connectivity index (χ2v) is 8.29. The lowest BCUT2D eigenvalue weighted by molar-refractivity contribution is 0.0132. The average molecular weight is 413 g/mol. The van der Waals surface area contributed by atoms with Gasteiger partial charge in [-0.1, -0.05) is 38.1 Å². The van der Waals surface area contributed by atoms with Crippen molar-refractivity contribution in [1.82, 2.24) is 25.1 Å². The van der Waals surface area contributed by atoms with Crippen molar-refractivity contribution < 1.29 is 4.74 Å². The molecule has 0 radical (unpaired) electrons. The van der Waals surface area contributed by atoms with Crippen LogP contribution in [0.15, 0.2) is 48.0 Å². The molecule has 1 aliphatic rings. The Balaban J connectivity index is 1.51. The fourth-order valence-corrected chi connectivity index (χ4v) is 3.90. The summed E-state index contributed by atoms with van der Waals surface area (Å²) in [5.41, 5.74) is 2.50. The molecule has 0 aliphatic carbocycles. The summed E-state index contributed by atoms with van der Waals surface area (Å²) >= 11 is 0. The van der Waals surface area contributed by atoms with Gasteiger partial charge in [-0.05, 0) is 23.5 Å². The summed E-state index contributed by atoms with van der Waals surface area (Å²) < 4.78 is 7.61. The van der Waals surface area contributed by atoms with Crippen LogP contribution in [-0.2, 0) is 17.8 Å². The Kier molecular flexibility index (Phi) is 8.71. The van der Waals surface area contributed by atoms with E-state index in [-0.39, 0.29) is 0 Å². The monoisotopic (exact) mass is 412 g/mol. The number of morpholine rings is 1. The van der Waals surface area contributed by atoms with Gasteiger partial charge < -0.3 is 19.9 Å². The first-order valence-corrected chi connectivity index (χ1v) is 10.9. The molecule has 1 aliphatic heterocycles. The maximum absolute atomic E-state index is 5.53. The van der Waals surface area contributed by atoms with Crippen molar-refractivity contribution in [2.24, 2.45) is 10.9 Å². The van der Waals surface area contributed by atoms with Gasteiger partial charge in [-0.2, -0.15) is 0 Å². The van der Waals surface area contributed by atoms with E-state index in [1.165, 1.54) is 17.5 Å². The summed E-state index contributed by atoms with van der Waals surface area (Å²) in [6.07, 6.45) is 6.81. The minimum absolute atomic E-state index is 0.492. The van der Waals surface area contributed by atoms with Gasteiger partial charge in [-0.3, -0.25) is 9.89 Å². The molecule has 7 heteroatoms. The first-order valence-electron chi connectivity index (χ1n) is 10.9. The Morgan fingerprint density at radius 2 is 2.00 bits per heavy atom. The Morgan fingerprint density at radius 3 is 2.70 bits per heavy atom. The number of rotatable bonds is 9. The van der Waals surface area contributed by atoms with Gasteiger partial charge in [0.1, 0.15) is 0 Å². The molecular formula is C23H36N6O. The normalized spacial score (nSPS) is 16.6. The van der Waals surface area contributed by atoms with Gasteiger partial charge in [0.05, 0.1) is 19.5 Å². The minimum atomic E-state index is 0.492. The Labute approximate surface area is 180 Å². The molecule has 0 saturated carbocycles. The summed E-state index contributed by atoms with van der Waals surface area (Å²) in [4.78, 5) is 11.1. The maximum atomic E-state index is 5.53. The van der Waals surface area contributed by atoms with Gasteiger partial charge in [0, 0.05) is 58.2 Å². The zero-order valence-electron chi connectivity index (χ0n) is 18.6. The zero-order valence-corrected chi connectivity index (χ0v) is 18.6. The smallest absolute Gasteiger partial charge is 0.191 e. The van der Waals surface area contributed by atoms with Crippen LogP contribution in [0.25, 0.3) is 0 Å². The number of ether oxygens (including phenoxy) is 1. The van der Waals surface area contributed by atoms with E-state index in [4.69, 9.17) is 4.74 Å². The van der Waals surface area contributed by atoms with Gasteiger partial charge in [0.25, 0.3) is 0 Å². The predicted molar refractivity (Wildman–Crippen MR) is 122 cm³/mol. The molecule has 3 rings (SSSR count). The lowest BCUT2D eigenvalue weighted by Gasteiger charge is -2.35. The summed E-state index contributed by atoms with van der Waals surface area (Å²) in [6, 6.07) is 9.13. The Hall–Kier alpha value is -2.38. The Bertz CT molecular complexity index is 768. The third-order valence-electron chi connectivity index (χ3n) is 5.41. The molecule has 2 aromatic rings. The highest BCUT2D eigenvalue weighted by molar-refractivity contribution is 5.79. The molecule has 1 unspecified atom stereocenters. The van der Waals surface area contributed by atoms with Crippen LogP contribution in [0.2, 0.25) is 0 Å². The van der Waals surface area contributed by atoms with Crippen molar-refractivity contribution in [3.8, 4) is 0 Å². The first kappa shape index (κ1) is 22.3. The second kappa shape index (κ2) is 11.7. The molecule has 0 spiro atoms. The molecule has 1 fully saturated rings. The molecule has 0 amide bonds. The van der Waals surface area contributed by atoms with Crippen molar-refractivity contribution in [3.05, 3.63) is 54.1 Å². The standard InChI is InChI=1S/C23H36N6O/c1-19(2)13-22(29-9-11-30-12-10-29)16-27-23(24-3)26-15-20-5-4-6-21(14-20)17-28-8-7-25-18-28/h4-8,14,18-19,22H,9-13,15-17H2,1-3H3,(H2,24,26,27). The molecule has 1 atom stereocenters. The van der Waals surface area contributed by atoms with E-state index in [1.54, 1.807) is 0 Å². The molecule has 0 bridgehead atoms. The van der Waals surface area contributed by atoms with Crippen LogP contribution >= 0.6 is 0 Å². The van der Waals surface area contributed by atoms with E-state index in [0.29, 0.717) is 12.0 Å². The van der Waals surface area contributed by atoms with Crippen LogP contribution < -0.4 is 10.6 Å². The number of hydrogen-bond donors (Lipinski definition) is 2. The van der Waals surface area contributed by atoms with Crippen molar-refractivity contribution in [2.75, 3.05) is 39.9 Å². The molecule has 2 heterocycles. The van der Waals surface area contributed by atoms with Crippen molar-refractivity contribution in [3.63, 3.8) is 0 Å². The number of aliphatic imine (C=N–C) groups is 1. The SMILES string of the molecule is CN=C(NCc1cccc(Cn2ccnc2)c1)NCC(CC(C)C)N1CCOCC1. The minimum Gasteiger partial charge on any atom is -0.379 e. The zero-order chi connectivity index (χ0) is 21.2. The molecule has 1 saturated heterocycles. The fraction of sp³-hybridized carbons (Fsp3) is 0.565. The van der Waals surface area contributed by atoms with E-state index in [1.807, 2.05) is 25.8 Å². The molecule has 1 aromatic heterocycles. The topological polar surface area (TPSA) is 66.7 Å². The van der Waals surface area contributed by atoms with E-state index < -0.39 is 0 Å². The quantitative estimate of drug-likeness (QED) is 0.489. The van der Waals surface area contributed by atoms with Crippen molar-refractivity contribution >= 4 is 5.96 Å². The number of hydrogen-bond acceptors (Lipinski definition) is 4. The lowest BCUT2D eigenvalue weighted by Crippen LogP contribution is -2.50. The van der Waals surface area contributed by atoms with E-state index in [0.717, 1.165) is 51.9 Å². The average Bonchev–Trinajstić information content (AvgIpc) is 3.26. The highest BCUT2D eigenvalue weighted by Crippen LogP contribution is 2.13. The third kappa shape index (κ3) is 7.15. The van der Waals surface area contributed by atoms with Crippen LogP contribution in [0, 0.1) is 5.92 Å². The number of imidazole rings is 1. The number of nitrogens with zero attached hydrogens (tertiary/aromatic N) is 4. The highest BCUT2D eigenvalue weighted by atomic mass is 16.5. The van der Waals surface area contributed by atoms with Gasteiger partial charge in [-0.15, -0.1) is 0 Å². The first-order chi connectivity index (χ1) is 14.6. The van der Waals surface area contributed by atoms with E-state index in [2.05, 4.69) is 68.2 Å². The number of nitrogens with one attached hydrogen (secondary N) is 2. The van der Waals surface area contributed by atoms with E-state index in [9.17, 15) is 0 Å². The van der Waals surface area contributed by atoms with Gasteiger partial charge in [-0.25, -0.2) is 4.98 Å². The molecule has 30 heavy (non-hydrogen) atoms. The maximum Gasteiger partial charge on any atom is 0.191 e. The van der Waals surface area contributed by atoms with Crippen LogP contribution in [0.4, 0.5) is 0 Å². The van der Waals surface area contributed by atoms with Crippen LogP contribution in [0.3, 0.4) is 0 Å². The summed E-state index contributed by atoms with van der Waals surface area (Å²) in [5, 5.41) is 7.00. The molecule has 1 aromatic carbocycles. The number of benzene rings is 1. The second-order valence-electron chi connectivity index (χ2n) is 8.29. The molecule has 7 nitrogen and oxygen atoms in total. The largest absolute Gasteiger partial charge is 0.379 e. The van der Waals surface area contributed by atoms with Crippen LogP contribution in [-0.4, -0.2) is 66.3 Å². The molecule has 164 valence electrons. The fourth-order valence-electron chi connectivity index (χ4n) is 3.90.